The topological polar surface area (TPSA) is 43.4 Å². The second kappa shape index (κ2) is 8.26. The van der Waals surface area contributed by atoms with Gasteiger partial charge in [-0.2, -0.15) is 0 Å². The molecular formula is C24H25O3P. The van der Waals surface area contributed by atoms with Gasteiger partial charge in [0.05, 0.1) is 0 Å². The van der Waals surface area contributed by atoms with Crippen LogP contribution in [-0.2, 0) is 9.09 Å². The predicted octanol–water partition coefficient (Wildman–Crippen LogP) is 5.13. The third-order valence-corrected chi connectivity index (χ3v) is 7.36. The smallest absolute Gasteiger partial charge is 0.261 e. The molecular weight excluding hydrogens is 367 g/mol. The lowest BCUT2D eigenvalue weighted by Crippen LogP contribution is -2.27. The molecule has 3 aromatic rings. The maximum atomic E-state index is 14.0. The van der Waals surface area contributed by atoms with E-state index in [1.807, 2.05) is 69.3 Å². The lowest BCUT2D eigenvalue weighted by atomic mass is 9.95. The Hall–Kier alpha value is -2.48. The normalized spacial score (nSPS) is 12.6. The van der Waals surface area contributed by atoms with Crippen molar-refractivity contribution >= 4 is 23.8 Å². The van der Waals surface area contributed by atoms with Gasteiger partial charge in [0.2, 0.25) is 0 Å². The van der Waals surface area contributed by atoms with Crippen molar-refractivity contribution in [2.45, 2.75) is 33.8 Å². The first-order valence-electron chi connectivity index (χ1n) is 9.34. The molecule has 0 aliphatic carbocycles. The minimum Gasteiger partial charge on any atom is -0.311 e. The van der Waals surface area contributed by atoms with Crippen LogP contribution in [0.1, 0.15) is 34.0 Å². The van der Waals surface area contributed by atoms with Crippen LogP contribution in [0.5, 0.6) is 0 Å². The van der Waals surface area contributed by atoms with Crippen LogP contribution < -0.4 is 10.6 Å². The lowest BCUT2D eigenvalue weighted by molar-refractivity contribution is 0.0826. The van der Waals surface area contributed by atoms with E-state index in [2.05, 4.69) is 0 Å². The largest absolute Gasteiger partial charge is 0.311 e. The van der Waals surface area contributed by atoms with Gasteiger partial charge in [0, 0.05) is 16.2 Å². The Kier molecular flexibility index (Phi) is 5.98. The van der Waals surface area contributed by atoms with Gasteiger partial charge in [-0.1, -0.05) is 54.1 Å². The molecule has 1 atom stereocenters. The second-order valence-corrected chi connectivity index (χ2v) is 9.45. The summed E-state index contributed by atoms with van der Waals surface area (Å²) in [4.78, 5) is 13.2. The van der Waals surface area contributed by atoms with Crippen LogP contribution >= 0.6 is 7.37 Å². The Morgan fingerprint density at radius 2 is 1.25 bits per heavy atom. The van der Waals surface area contributed by atoms with Crippen LogP contribution in [0.25, 0.3) is 0 Å². The predicted molar refractivity (Wildman–Crippen MR) is 115 cm³/mol. The molecule has 3 nitrogen and oxygen atoms in total. The summed E-state index contributed by atoms with van der Waals surface area (Å²) in [6.07, 6.45) is -0.841. The van der Waals surface area contributed by atoms with Crippen molar-refractivity contribution in [2.75, 3.05) is 0 Å². The molecule has 4 heteroatoms. The first-order valence-corrected chi connectivity index (χ1v) is 11.0. The molecule has 0 saturated heterocycles. The van der Waals surface area contributed by atoms with E-state index < -0.39 is 13.5 Å². The Balaban J connectivity index is 2.00. The minimum absolute atomic E-state index is 0.151. The summed E-state index contributed by atoms with van der Waals surface area (Å²) < 4.78 is 20.1. The molecule has 28 heavy (non-hydrogen) atoms. The fourth-order valence-electron chi connectivity index (χ4n) is 3.56. The van der Waals surface area contributed by atoms with Crippen molar-refractivity contribution in [1.82, 2.24) is 0 Å². The van der Waals surface area contributed by atoms with Crippen LogP contribution in [0.4, 0.5) is 0 Å². The number of carbonyl (C=O) groups excluding carboxylic acids is 1. The zero-order valence-corrected chi connectivity index (χ0v) is 17.6. The molecule has 0 bridgehead atoms. The second-order valence-electron chi connectivity index (χ2n) is 7.11. The lowest BCUT2D eigenvalue weighted by Gasteiger charge is -2.24. The molecule has 0 aromatic heterocycles. The van der Waals surface area contributed by atoms with Crippen LogP contribution in [0.3, 0.4) is 0 Å². The van der Waals surface area contributed by atoms with Gasteiger partial charge in [-0.25, -0.2) is 0 Å². The Bertz CT molecular complexity index is 960. The number of benzene rings is 3. The monoisotopic (exact) mass is 392 g/mol. The van der Waals surface area contributed by atoms with Gasteiger partial charge < -0.3 is 4.52 Å². The summed E-state index contributed by atoms with van der Waals surface area (Å²) in [5, 5.41) is 1.16. The molecule has 0 aliphatic rings. The van der Waals surface area contributed by atoms with E-state index in [4.69, 9.17) is 4.52 Å². The highest BCUT2D eigenvalue weighted by Crippen LogP contribution is 2.46. The number of hydrogen-bond acceptors (Lipinski definition) is 3. The maximum absolute atomic E-state index is 14.0. The molecule has 0 radical (unpaired) electrons. The van der Waals surface area contributed by atoms with Crippen molar-refractivity contribution in [3.8, 4) is 0 Å². The molecule has 3 aromatic carbocycles. The molecule has 0 aliphatic heterocycles. The third kappa shape index (κ3) is 4.01. The van der Waals surface area contributed by atoms with E-state index in [0.717, 1.165) is 16.7 Å². The summed E-state index contributed by atoms with van der Waals surface area (Å²) in [6.45, 7) is 7.54. The van der Waals surface area contributed by atoms with Crippen LogP contribution in [0.15, 0.2) is 72.8 Å². The molecule has 0 N–H and O–H groups in total. The number of ketones is 1. The molecule has 0 amide bonds. The molecule has 1 unspecified atom stereocenters. The van der Waals surface area contributed by atoms with E-state index in [0.29, 0.717) is 16.2 Å². The zero-order chi connectivity index (χ0) is 20.3. The molecule has 0 saturated carbocycles. The SMILES string of the molecule is Cc1cc(C)c(C(=O)C(C)OP(=O)(c2ccccc2)c2ccccc2)c(C)c1. The number of aryl methyl sites for hydroxylation is 3. The quantitative estimate of drug-likeness (QED) is 0.432. The highest BCUT2D eigenvalue weighted by molar-refractivity contribution is 7.74. The van der Waals surface area contributed by atoms with Gasteiger partial charge in [-0.15, -0.1) is 0 Å². The van der Waals surface area contributed by atoms with Crippen molar-refractivity contribution < 1.29 is 13.9 Å². The number of Topliss-reactive ketones (excluding diaryl/α,β-unsaturated/α-hetero) is 1. The standard InChI is InChI=1S/C24H25O3P/c1-17-15-18(2)23(19(3)16-17)24(25)20(4)27-28(26,21-11-7-5-8-12-21)22-13-9-6-10-14-22/h5-16,20H,1-4H3. The van der Waals surface area contributed by atoms with Gasteiger partial charge in [-0.05, 0) is 63.1 Å². The molecule has 3 rings (SSSR count). The Morgan fingerprint density at radius 3 is 1.68 bits per heavy atom. The maximum Gasteiger partial charge on any atom is 0.261 e. The van der Waals surface area contributed by atoms with E-state index in [1.165, 1.54) is 0 Å². The molecule has 0 spiro atoms. The third-order valence-electron chi connectivity index (χ3n) is 4.79. The first kappa shape index (κ1) is 20.3. The summed E-state index contributed by atoms with van der Waals surface area (Å²) in [5.41, 5.74) is 3.57. The van der Waals surface area contributed by atoms with Gasteiger partial charge in [-0.3, -0.25) is 9.36 Å². The van der Waals surface area contributed by atoms with Crippen molar-refractivity contribution in [1.29, 1.82) is 0 Å². The van der Waals surface area contributed by atoms with E-state index in [1.54, 1.807) is 31.2 Å². The fourth-order valence-corrected chi connectivity index (χ4v) is 5.77. The summed E-state index contributed by atoms with van der Waals surface area (Å²) in [6, 6.07) is 22.2. The Morgan fingerprint density at radius 1 is 0.821 bits per heavy atom. The van der Waals surface area contributed by atoms with E-state index >= 15 is 0 Å². The van der Waals surface area contributed by atoms with Gasteiger partial charge >= 0.3 is 0 Å². The summed E-state index contributed by atoms with van der Waals surface area (Å²) in [5.74, 6) is -0.151. The molecule has 0 fully saturated rings. The van der Waals surface area contributed by atoms with Crippen molar-refractivity contribution in [2.24, 2.45) is 0 Å². The zero-order valence-electron chi connectivity index (χ0n) is 16.7. The van der Waals surface area contributed by atoms with E-state index in [9.17, 15) is 9.36 Å². The minimum atomic E-state index is -3.42. The number of hydrogen-bond donors (Lipinski definition) is 0. The Labute approximate surface area is 166 Å². The van der Waals surface area contributed by atoms with Crippen molar-refractivity contribution in [3.05, 3.63) is 95.1 Å². The first-order chi connectivity index (χ1) is 13.3. The highest BCUT2D eigenvalue weighted by Gasteiger charge is 2.33. The summed E-state index contributed by atoms with van der Waals surface area (Å²) >= 11 is 0. The fraction of sp³-hybridized carbons (Fsp3) is 0.208. The average Bonchev–Trinajstić information content (AvgIpc) is 2.68. The van der Waals surface area contributed by atoms with Crippen LogP contribution in [0, 0.1) is 20.8 Å². The van der Waals surface area contributed by atoms with E-state index in [-0.39, 0.29) is 5.78 Å². The highest BCUT2D eigenvalue weighted by atomic mass is 31.2. The van der Waals surface area contributed by atoms with Crippen LogP contribution in [0.2, 0.25) is 0 Å². The average molecular weight is 392 g/mol. The van der Waals surface area contributed by atoms with Gasteiger partial charge in [0.1, 0.15) is 6.10 Å². The molecule has 144 valence electrons. The number of rotatable bonds is 6. The van der Waals surface area contributed by atoms with Crippen LogP contribution in [-0.4, -0.2) is 11.9 Å². The molecule has 0 heterocycles. The number of carbonyl (C=O) groups is 1. The van der Waals surface area contributed by atoms with Crippen molar-refractivity contribution in [3.63, 3.8) is 0 Å². The van der Waals surface area contributed by atoms with Gasteiger partial charge in [0.15, 0.2) is 5.78 Å². The van der Waals surface area contributed by atoms with Gasteiger partial charge in [0.25, 0.3) is 7.37 Å². The summed E-state index contributed by atoms with van der Waals surface area (Å²) in [7, 11) is -3.42.